The predicted molar refractivity (Wildman–Crippen MR) is 67.2 cm³/mol. The molecule has 0 amide bonds. The first-order chi connectivity index (χ1) is 7.63. The minimum absolute atomic E-state index is 0.479. The third-order valence-corrected chi connectivity index (χ3v) is 3.08. The van der Waals surface area contributed by atoms with Gasteiger partial charge in [-0.2, -0.15) is 0 Å². The van der Waals surface area contributed by atoms with Gasteiger partial charge >= 0.3 is 0 Å². The van der Waals surface area contributed by atoms with Gasteiger partial charge in [-0.3, -0.25) is 0 Å². The van der Waals surface area contributed by atoms with Gasteiger partial charge in [0.15, 0.2) is 0 Å². The van der Waals surface area contributed by atoms with Crippen molar-refractivity contribution in [1.29, 1.82) is 0 Å². The maximum atomic E-state index is 5.64. The summed E-state index contributed by atoms with van der Waals surface area (Å²) in [6.45, 7) is 1.81. The highest BCUT2D eigenvalue weighted by Crippen LogP contribution is 2.25. The summed E-state index contributed by atoms with van der Waals surface area (Å²) in [4.78, 5) is 12.5. The maximum Gasteiger partial charge on any atom is 0.128 e. The average molecular weight is 297 g/mol. The van der Waals surface area contributed by atoms with Crippen LogP contribution < -0.4 is 5.73 Å². The second-order valence-corrected chi connectivity index (χ2v) is 5.05. The number of anilines is 1. The number of nitrogen functional groups attached to an aromatic ring is 1. The summed E-state index contributed by atoms with van der Waals surface area (Å²) in [6, 6.07) is 5.59. The van der Waals surface area contributed by atoms with Crippen molar-refractivity contribution in [3.8, 4) is 0 Å². The van der Waals surface area contributed by atoms with Gasteiger partial charge in [0.25, 0.3) is 0 Å². The Balaban J connectivity index is 2.23. The fourth-order valence-corrected chi connectivity index (χ4v) is 2.19. The van der Waals surface area contributed by atoms with Gasteiger partial charge in [-0.25, -0.2) is 15.0 Å². The molecule has 0 bridgehead atoms. The number of rotatable bonds is 2. The van der Waals surface area contributed by atoms with Crippen LogP contribution in [0.5, 0.6) is 0 Å². The highest BCUT2D eigenvalue weighted by Gasteiger charge is 2.03. The zero-order valence-corrected chi connectivity index (χ0v) is 10.9. The molecule has 2 aromatic rings. The van der Waals surface area contributed by atoms with E-state index in [4.69, 9.17) is 5.73 Å². The zero-order valence-electron chi connectivity index (χ0n) is 8.51. The molecule has 0 fully saturated rings. The molecule has 0 radical (unpaired) electrons. The Kier molecular flexibility index (Phi) is 3.40. The minimum atomic E-state index is 0.479. The lowest BCUT2D eigenvalue weighted by atomic mass is 10.5. The molecule has 2 rings (SSSR count). The largest absolute Gasteiger partial charge is 0.384 e. The first kappa shape index (κ1) is 11.3. The van der Waals surface area contributed by atoms with E-state index in [2.05, 4.69) is 30.9 Å². The molecule has 2 N–H and O–H groups in total. The Morgan fingerprint density at radius 3 is 2.69 bits per heavy atom. The number of pyridine rings is 1. The Bertz CT molecular complexity index is 480. The van der Waals surface area contributed by atoms with Gasteiger partial charge in [0.1, 0.15) is 21.7 Å². The van der Waals surface area contributed by atoms with Gasteiger partial charge in [-0.15, -0.1) is 0 Å². The van der Waals surface area contributed by atoms with Crippen LogP contribution >= 0.6 is 27.7 Å². The molecule has 0 atom stereocenters. The van der Waals surface area contributed by atoms with Crippen LogP contribution in [0.25, 0.3) is 0 Å². The summed E-state index contributed by atoms with van der Waals surface area (Å²) in [7, 11) is 0. The Labute approximate surface area is 106 Å². The summed E-state index contributed by atoms with van der Waals surface area (Å²) in [6.07, 6.45) is 1.75. The van der Waals surface area contributed by atoms with Crippen molar-refractivity contribution in [3.63, 3.8) is 0 Å². The number of hydrogen-bond donors (Lipinski definition) is 1. The average Bonchev–Trinajstić information content (AvgIpc) is 2.20. The number of hydrogen-bond acceptors (Lipinski definition) is 5. The SMILES string of the molecule is Cc1nc(N)cc(Sc2ccc(Br)cn2)n1. The topological polar surface area (TPSA) is 64.7 Å². The molecule has 6 heteroatoms. The van der Waals surface area contributed by atoms with Gasteiger partial charge in [0.05, 0.1) is 0 Å². The van der Waals surface area contributed by atoms with Gasteiger partial charge in [0, 0.05) is 16.7 Å². The Morgan fingerprint density at radius 2 is 2.06 bits per heavy atom. The smallest absolute Gasteiger partial charge is 0.128 e. The van der Waals surface area contributed by atoms with Crippen LogP contribution in [0.4, 0.5) is 5.82 Å². The van der Waals surface area contributed by atoms with Gasteiger partial charge < -0.3 is 5.73 Å². The molecule has 0 saturated heterocycles. The fourth-order valence-electron chi connectivity index (χ4n) is 1.14. The monoisotopic (exact) mass is 296 g/mol. The Hall–Kier alpha value is -1.14. The molecular weight excluding hydrogens is 288 g/mol. The predicted octanol–water partition coefficient (Wildman–Crippen LogP) is 2.68. The van der Waals surface area contributed by atoms with Gasteiger partial charge in [-0.05, 0) is 46.7 Å². The van der Waals surface area contributed by atoms with Crippen LogP contribution in [0.1, 0.15) is 5.82 Å². The second kappa shape index (κ2) is 4.80. The molecule has 0 aliphatic heterocycles. The second-order valence-electron chi connectivity index (χ2n) is 3.09. The lowest BCUT2D eigenvalue weighted by Gasteiger charge is -2.02. The highest BCUT2D eigenvalue weighted by molar-refractivity contribution is 9.10. The number of aromatic nitrogens is 3. The van der Waals surface area contributed by atoms with Crippen molar-refractivity contribution < 1.29 is 0 Å². The highest BCUT2D eigenvalue weighted by atomic mass is 79.9. The van der Waals surface area contributed by atoms with Crippen LogP contribution in [0.15, 0.2) is 38.9 Å². The van der Waals surface area contributed by atoms with E-state index in [1.165, 1.54) is 11.8 Å². The molecule has 0 aliphatic rings. The van der Waals surface area contributed by atoms with Crippen molar-refractivity contribution >= 4 is 33.5 Å². The minimum Gasteiger partial charge on any atom is -0.384 e. The van der Waals surface area contributed by atoms with E-state index in [9.17, 15) is 0 Å². The van der Waals surface area contributed by atoms with E-state index < -0.39 is 0 Å². The lowest BCUT2D eigenvalue weighted by molar-refractivity contribution is 0.971. The summed E-state index contributed by atoms with van der Waals surface area (Å²) >= 11 is 4.80. The molecule has 2 aromatic heterocycles. The van der Waals surface area contributed by atoms with E-state index in [0.717, 1.165) is 14.5 Å². The zero-order chi connectivity index (χ0) is 11.5. The number of aryl methyl sites for hydroxylation is 1. The summed E-state index contributed by atoms with van der Waals surface area (Å²) in [5, 5.41) is 1.68. The number of nitrogens with two attached hydrogens (primary N) is 1. The van der Waals surface area contributed by atoms with Crippen LogP contribution in [0, 0.1) is 6.92 Å². The molecule has 0 saturated carbocycles. The molecule has 0 aromatic carbocycles. The maximum absolute atomic E-state index is 5.64. The normalized spacial score (nSPS) is 10.4. The molecule has 82 valence electrons. The first-order valence-corrected chi connectivity index (χ1v) is 6.15. The Morgan fingerprint density at radius 1 is 1.25 bits per heavy atom. The van der Waals surface area contributed by atoms with Crippen molar-refractivity contribution in [2.75, 3.05) is 5.73 Å². The standard InChI is InChI=1S/C10H9BrN4S/c1-6-14-8(12)4-10(15-6)16-9-3-2-7(11)5-13-9/h2-5H,1H3,(H2,12,14,15). The van der Waals surface area contributed by atoms with Crippen molar-refractivity contribution in [2.45, 2.75) is 17.0 Å². The summed E-state index contributed by atoms with van der Waals surface area (Å²) in [5.74, 6) is 1.15. The summed E-state index contributed by atoms with van der Waals surface area (Å²) < 4.78 is 0.954. The molecule has 0 unspecified atom stereocenters. The molecular formula is C10H9BrN4S. The van der Waals surface area contributed by atoms with Gasteiger partial charge in [0.2, 0.25) is 0 Å². The first-order valence-electron chi connectivity index (χ1n) is 4.54. The lowest BCUT2D eigenvalue weighted by Crippen LogP contribution is -1.96. The third-order valence-electron chi connectivity index (χ3n) is 1.74. The molecule has 16 heavy (non-hydrogen) atoms. The van der Waals surface area contributed by atoms with Crippen molar-refractivity contribution in [2.24, 2.45) is 0 Å². The van der Waals surface area contributed by atoms with E-state index in [1.54, 1.807) is 12.3 Å². The molecule has 2 heterocycles. The number of halogens is 1. The van der Waals surface area contributed by atoms with E-state index in [0.29, 0.717) is 11.6 Å². The quantitative estimate of drug-likeness (QED) is 0.863. The van der Waals surface area contributed by atoms with Gasteiger partial charge in [-0.1, -0.05) is 0 Å². The third kappa shape index (κ3) is 2.93. The van der Waals surface area contributed by atoms with Crippen LogP contribution in [-0.4, -0.2) is 15.0 Å². The van der Waals surface area contributed by atoms with E-state index >= 15 is 0 Å². The van der Waals surface area contributed by atoms with Crippen molar-refractivity contribution in [1.82, 2.24) is 15.0 Å². The van der Waals surface area contributed by atoms with Crippen LogP contribution in [-0.2, 0) is 0 Å². The van der Waals surface area contributed by atoms with Crippen LogP contribution in [0.3, 0.4) is 0 Å². The fraction of sp³-hybridized carbons (Fsp3) is 0.100. The molecule has 0 aliphatic carbocycles. The van der Waals surface area contributed by atoms with E-state index in [-0.39, 0.29) is 0 Å². The van der Waals surface area contributed by atoms with E-state index in [1.807, 2.05) is 19.1 Å². The van der Waals surface area contributed by atoms with Crippen molar-refractivity contribution in [3.05, 3.63) is 34.7 Å². The van der Waals surface area contributed by atoms with Crippen LogP contribution in [0.2, 0.25) is 0 Å². The summed E-state index contributed by atoms with van der Waals surface area (Å²) in [5.41, 5.74) is 5.64. The number of nitrogens with zero attached hydrogens (tertiary/aromatic N) is 3. The molecule has 4 nitrogen and oxygen atoms in total. The molecule has 0 spiro atoms.